The van der Waals surface area contributed by atoms with Gasteiger partial charge >= 0.3 is 0 Å². The zero-order chi connectivity index (χ0) is 22.6. The summed E-state index contributed by atoms with van der Waals surface area (Å²) < 4.78 is 11.7. The molecule has 7 nitrogen and oxygen atoms in total. The van der Waals surface area contributed by atoms with E-state index in [0.29, 0.717) is 31.2 Å². The molecule has 32 heavy (non-hydrogen) atoms. The Kier molecular flexibility index (Phi) is 7.40. The summed E-state index contributed by atoms with van der Waals surface area (Å²) in [7, 11) is 0. The number of anilines is 1. The molecule has 2 fully saturated rings. The van der Waals surface area contributed by atoms with Crippen LogP contribution in [0.3, 0.4) is 0 Å². The van der Waals surface area contributed by atoms with Crippen LogP contribution in [0.4, 0.5) is 5.82 Å². The van der Waals surface area contributed by atoms with Crippen LogP contribution in [0.5, 0.6) is 0 Å². The summed E-state index contributed by atoms with van der Waals surface area (Å²) in [5.74, 6) is 1.01. The van der Waals surface area contributed by atoms with Crippen LogP contribution in [0.25, 0.3) is 11.3 Å². The van der Waals surface area contributed by atoms with E-state index in [9.17, 15) is 4.79 Å². The van der Waals surface area contributed by atoms with E-state index in [2.05, 4.69) is 15.6 Å². The molecule has 0 aromatic carbocycles. The Bertz CT molecular complexity index is 937. The molecule has 0 radical (unpaired) electrons. The number of hydrogen-bond acceptors (Lipinski definition) is 7. The molecule has 1 unspecified atom stereocenters. The molecule has 2 aliphatic rings. The second kappa shape index (κ2) is 10.3. The van der Waals surface area contributed by atoms with Crippen molar-refractivity contribution in [2.24, 2.45) is 5.92 Å². The van der Waals surface area contributed by atoms with E-state index < -0.39 is 0 Å². The number of halogens is 1. The number of hydrogen-bond donors (Lipinski definition) is 2. The number of ether oxygens (including phenoxy) is 2. The zero-order valence-corrected chi connectivity index (χ0v) is 19.5. The Labute approximate surface area is 194 Å². The lowest BCUT2D eigenvalue weighted by atomic mass is 9.92. The number of piperidine rings is 1. The third-order valence-electron chi connectivity index (χ3n) is 5.88. The number of nitrogens with one attached hydrogen (secondary N) is 2. The normalized spacial score (nSPS) is 23.0. The maximum atomic E-state index is 12.7. The smallest absolute Gasteiger partial charge is 0.143 e. The highest BCUT2D eigenvalue weighted by Gasteiger charge is 2.28. The van der Waals surface area contributed by atoms with Crippen LogP contribution in [0.15, 0.2) is 30.5 Å². The molecular weight excluding hydrogens is 428 g/mol. The molecule has 172 valence electrons. The predicted octanol–water partition coefficient (Wildman–Crippen LogP) is 3.51. The van der Waals surface area contributed by atoms with Crippen LogP contribution < -0.4 is 10.6 Å². The third-order valence-corrected chi connectivity index (χ3v) is 6.18. The molecule has 4 rings (SSSR count). The number of ketones is 1. The molecule has 2 aromatic heterocycles. The third kappa shape index (κ3) is 6.04. The first-order chi connectivity index (χ1) is 15.4. The maximum absolute atomic E-state index is 12.7. The average Bonchev–Trinajstić information content (AvgIpc) is 2.80. The van der Waals surface area contributed by atoms with E-state index >= 15 is 0 Å². The lowest BCUT2D eigenvalue weighted by Crippen LogP contribution is -2.44. The van der Waals surface area contributed by atoms with Crippen molar-refractivity contribution in [1.82, 2.24) is 15.3 Å². The Morgan fingerprint density at radius 3 is 3.00 bits per heavy atom. The molecule has 8 heteroatoms. The molecule has 2 aliphatic heterocycles. The molecule has 4 heterocycles. The van der Waals surface area contributed by atoms with Gasteiger partial charge in [0, 0.05) is 42.9 Å². The van der Waals surface area contributed by atoms with Gasteiger partial charge in [-0.3, -0.25) is 9.78 Å². The van der Waals surface area contributed by atoms with Gasteiger partial charge in [0.25, 0.3) is 0 Å². The van der Waals surface area contributed by atoms with Crippen molar-refractivity contribution >= 4 is 23.2 Å². The summed E-state index contributed by atoms with van der Waals surface area (Å²) in [6.45, 7) is 7.50. The maximum Gasteiger partial charge on any atom is 0.143 e. The van der Waals surface area contributed by atoms with Crippen LogP contribution >= 0.6 is 11.6 Å². The summed E-state index contributed by atoms with van der Waals surface area (Å²) in [5, 5.41) is 7.13. The molecule has 2 aromatic rings. The minimum atomic E-state index is -0.237. The largest absolute Gasteiger partial charge is 0.371 e. The fourth-order valence-electron chi connectivity index (χ4n) is 3.97. The van der Waals surface area contributed by atoms with E-state index in [1.807, 2.05) is 38.1 Å². The van der Waals surface area contributed by atoms with Crippen molar-refractivity contribution in [3.63, 3.8) is 0 Å². The fourth-order valence-corrected chi connectivity index (χ4v) is 4.17. The van der Waals surface area contributed by atoms with Crippen molar-refractivity contribution in [1.29, 1.82) is 0 Å². The molecular formula is C24H31ClN4O3. The number of pyridine rings is 2. The number of carbonyl (C=O) groups excluding carboxylic acids is 1. The quantitative estimate of drug-likeness (QED) is 0.656. The Morgan fingerprint density at radius 1 is 1.38 bits per heavy atom. The van der Waals surface area contributed by atoms with Gasteiger partial charge in [-0.15, -0.1) is 0 Å². The Balaban J connectivity index is 1.41. The van der Waals surface area contributed by atoms with Crippen molar-refractivity contribution < 1.29 is 14.3 Å². The molecule has 0 bridgehead atoms. The summed E-state index contributed by atoms with van der Waals surface area (Å²) in [6.07, 6.45) is 3.87. The summed E-state index contributed by atoms with van der Waals surface area (Å²) in [4.78, 5) is 21.8. The molecule has 0 aliphatic carbocycles. The highest BCUT2D eigenvalue weighted by molar-refractivity contribution is 6.33. The van der Waals surface area contributed by atoms with Gasteiger partial charge in [0.05, 0.1) is 35.6 Å². The molecule has 2 atom stereocenters. The van der Waals surface area contributed by atoms with Crippen molar-refractivity contribution in [2.45, 2.75) is 44.8 Å². The van der Waals surface area contributed by atoms with Crippen molar-refractivity contribution in [3.8, 4) is 11.3 Å². The molecule has 2 N–H and O–H groups in total. The van der Waals surface area contributed by atoms with E-state index in [1.54, 1.807) is 6.20 Å². The van der Waals surface area contributed by atoms with Gasteiger partial charge in [-0.25, -0.2) is 4.98 Å². The topological polar surface area (TPSA) is 85.4 Å². The molecule has 0 spiro atoms. The molecule has 0 amide bonds. The minimum absolute atomic E-state index is 0.0233. The lowest BCUT2D eigenvalue weighted by molar-refractivity contribution is -0.170. The van der Waals surface area contributed by atoms with E-state index in [0.717, 1.165) is 48.7 Å². The number of Topliss-reactive ketones (excluding diaryl/α,β-unsaturated/α-hetero) is 1. The zero-order valence-electron chi connectivity index (χ0n) is 18.7. The predicted molar refractivity (Wildman–Crippen MR) is 125 cm³/mol. The highest BCUT2D eigenvalue weighted by atomic mass is 35.5. The standard InChI is InChI=1S/C24H31ClN4O3/c1-24(2)15-31-18(14-32-24)12-28-23-7-3-6-21(29-23)19-9-17(27-13-20(19)25)10-22(30)16-5-4-8-26-11-16/h3,6-7,9,13,16,18,26H,4-5,8,10-12,14-15H2,1-2H3,(H,28,29)/t16-,18?/m1/s1. The first kappa shape index (κ1) is 23.1. The second-order valence-corrected chi connectivity index (χ2v) is 9.54. The van der Waals surface area contributed by atoms with Crippen LogP contribution in [-0.2, 0) is 20.7 Å². The van der Waals surface area contributed by atoms with Gasteiger partial charge < -0.3 is 20.1 Å². The van der Waals surface area contributed by atoms with Crippen LogP contribution in [0.2, 0.25) is 5.02 Å². The van der Waals surface area contributed by atoms with Crippen LogP contribution in [0.1, 0.15) is 32.4 Å². The van der Waals surface area contributed by atoms with Gasteiger partial charge in [-0.05, 0) is 51.4 Å². The number of nitrogens with zero attached hydrogens (tertiary/aromatic N) is 2. The van der Waals surface area contributed by atoms with Gasteiger partial charge in [0.1, 0.15) is 11.6 Å². The molecule has 2 saturated heterocycles. The van der Waals surface area contributed by atoms with E-state index in [1.165, 1.54) is 0 Å². The minimum Gasteiger partial charge on any atom is -0.371 e. The van der Waals surface area contributed by atoms with Gasteiger partial charge in [-0.1, -0.05) is 17.7 Å². The van der Waals surface area contributed by atoms with Crippen molar-refractivity contribution in [2.75, 3.05) is 38.2 Å². The summed E-state index contributed by atoms with van der Waals surface area (Å²) in [5.41, 5.74) is 1.99. The van der Waals surface area contributed by atoms with E-state index in [-0.39, 0.29) is 23.4 Å². The van der Waals surface area contributed by atoms with Gasteiger partial charge in [-0.2, -0.15) is 0 Å². The van der Waals surface area contributed by atoms with Crippen LogP contribution in [0, 0.1) is 5.92 Å². The SMILES string of the molecule is CC1(C)COC(CNc2cccc(-c3cc(CC(=O)[C@@H]4CCCNC4)ncc3Cl)n2)CO1. The lowest BCUT2D eigenvalue weighted by Gasteiger charge is -2.35. The fraction of sp³-hybridized carbons (Fsp3) is 0.542. The monoisotopic (exact) mass is 458 g/mol. The number of rotatable bonds is 7. The van der Waals surface area contributed by atoms with Crippen molar-refractivity contribution in [3.05, 3.63) is 41.2 Å². The Hall–Kier alpha value is -2.06. The summed E-state index contributed by atoms with van der Waals surface area (Å²) >= 11 is 6.44. The summed E-state index contributed by atoms with van der Waals surface area (Å²) in [6, 6.07) is 7.63. The number of aromatic nitrogens is 2. The van der Waals surface area contributed by atoms with Gasteiger partial charge in [0.15, 0.2) is 0 Å². The van der Waals surface area contributed by atoms with Crippen LogP contribution in [-0.4, -0.2) is 60.3 Å². The first-order valence-electron chi connectivity index (χ1n) is 11.2. The highest BCUT2D eigenvalue weighted by Crippen LogP contribution is 2.28. The average molecular weight is 459 g/mol. The number of carbonyl (C=O) groups is 1. The van der Waals surface area contributed by atoms with E-state index in [4.69, 9.17) is 26.1 Å². The first-order valence-corrected chi connectivity index (χ1v) is 11.6. The Morgan fingerprint density at radius 2 is 2.25 bits per heavy atom. The molecule has 0 saturated carbocycles. The second-order valence-electron chi connectivity index (χ2n) is 9.13. The van der Waals surface area contributed by atoms with Gasteiger partial charge in [0.2, 0.25) is 0 Å².